The van der Waals surface area contributed by atoms with Gasteiger partial charge in [-0.2, -0.15) is 0 Å². The number of hydrogen-bond donors (Lipinski definition) is 1. The maximum absolute atomic E-state index is 13.9. The number of pyridine rings is 1. The highest BCUT2D eigenvalue weighted by Gasteiger charge is 2.27. The number of benzene rings is 1. The highest BCUT2D eigenvalue weighted by Crippen LogP contribution is 2.19. The zero-order valence-electron chi connectivity index (χ0n) is 16.3. The summed E-state index contributed by atoms with van der Waals surface area (Å²) >= 11 is 0. The Hall–Kier alpha value is -3.62. The predicted octanol–water partition coefficient (Wildman–Crippen LogP) is 3.16. The second-order valence-electron chi connectivity index (χ2n) is 6.94. The summed E-state index contributed by atoms with van der Waals surface area (Å²) in [6.07, 6.45) is 0. The number of nitrogens with one attached hydrogen (secondary N) is 1. The SMILES string of the molecule is Cc1cccc(Nc2ccc(N3CCN(C(=O)c4c(F)cccc4F)CC3)nn2)n1. The van der Waals surface area contributed by atoms with Crippen LogP contribution in [0.25, 0.3) is 0 Å². The van der Waals surface area contributed by atoms with Gasteiger partial charge in [0.2, 0.25) is 0 Å². The number of rotatable bonds is 4. The first-order chi connectivity index (χ1) is 14.5. The van der Waals surface area contributed by atoms with E-state index in [-0.39, 0.29) is 0 Å². The standard InChI is InChI=1S/C21H20F2N6O/c1-14-4-2-7-17(24-14)25-18-8-9-19(27-26-18)28-10-12-29(13-11-28)21(30)20-15(22)5-3-6-16(20)23/h2-9H,10-13H2,1H3,(H,24,25,26). The fourth-order valence-electron chi connectivity index (χ4n) is 3.30. The molecule has 0 spiro atoms. The Morgan fingerprint density at radius 1 is 0.900 bits per heavy atom. The number of carbonyl (C=O) groups is 1. The first kappa shape index (κ1) is 19.7. The van der Waals surface area contributed by atoms with Crippen LogP contribution in [-0.4, -0.2) is 52.2 Å². The molecule has 1 aliphatic rings. The minimum atomic E-state index is -0.848. The lowest BCUT2D eigenvalue weighted by Crippen LogP contribution is -2.49. The minimum Gasteiger partial charge on any atom is -0.352 e. The van der Waals surface area contributed by atoms with E-state index >= 15 is 0 Å². The van der Waals surface area contributed by atoms with Gasteiger partial charge in [0.25, 0.3) is 5.91 Å². The van der Waals surface area contributed by atoms with Crippen LogP contribution in [0.5, 0.6) is 0 Å². The van der Waals surface area contributed by atoms with Gasteiger partial charge >= 0.3 is 0 Å². The molecule has 9 heteroatoms. The summed E-state index contributed by atoms with van der Waals surface area (Å²) in [6.45, 7) is 3.55. The van der Waals surface area contributed by atoms with Gasteiger partial charge < -0.3 is 15.1 Å². The maximum atomic E-state index is 13.9. The Labute approximate surface area is 172 Å². The van der Waals surface area contributed by atoms with Crippen LogP contribution in [0.15, 0.2) is 48.5 Å². The normalized spacial score (nSPS) is 14.0. The van der Waals surface area contributed by atoms with Gasteiger partial charge in [0.1, 0.15) is 23.0 Å². The van der Waals surface area contributed by atoms with Crippen LogP contribution in [0, 0.1) is 18.6 Å². The predicted molar refractivity (Wildman–Crippen MR) is 109 cm³/mol. The van der Waals surface area contributed by atoms with E-state index in [0.29, 0.717) is 43.6 Å². The fourth-order valence-corrected chi connectivity index (χ4v) is 3.30. The van der Waals surface area contributed by atoms with Crippen molar-refractivity contribution in [1.82, 2.24) is 20.1 Å². The van der Waals surface area contributed by atoms with Crippen molar-refractivity contribution in [1.29, 1.82) is 0 Å². The molecule has 1 aliphatic heterocycles. The number of nitrogens with zero attached hydrogens (tertiary/aromatic N) is 5. The molecule has 1 amide bonds. The monoisotopic (exact) mass is 410 g/mol. The smallest absolute Gasteiger partial charge is 0.259 e. The molecule has 1 N–H and O–H groups in total. The van der Waals surface area contributed by atoms with Crippen molar-refractivity contribution in [3.05, 3.63) is 71.4 Å². The summed E-state index contributed by atoms with van der Waals surface area (Å²) in [6, 6.07) is 12.7. The molecule has 0 bridgehead atoms. The molecule has 1 aromatic carbocycles. The van der Waals surface area contributed by atoms with E-state index in [2.05, 4.69) is 20.5 Å². The summed E-state index contributed by atoms with van der Waals surface area (Å²) in [5, 5.41) is 11.5. The van der Waals surface area contributed by atoms with E-state index in [0.717, 1.165) is 17.8 Å². The molecule has 1 saturated heterocycles. The summed E-state index contributed by atoms with van der Waals surface area (Å²) in [5.74, 6) is -0.410. The second kappa shape index (κ2) is 8.40. The number of halogens is 2. The fraction of sp³-hybridized carbons (Fsp3) is 0.238. The lowest BCUT2D eigenvalue weighted by atomic mass is 10.1. The zero-order chi connectivity index (χ0) is 21.1. The molecule has 4 rings (SSSR count). The van der Waals surface area contributed by atoms with Gasteiger partial charge in [-0.1, -0.05) is 12.1 Å². The number of hydrogen-bond acceptors (Lipinski definition) is 6. The van der Waals surface area contributed by atoms with Crippen molar-refractivity contribution in [2.24, 2.45) is 0 Å². The molecular weight excluding hydrogens is 390 g/mol. The van der Waals surface area contributed by atoms with Gasteiger partial charge in [-0.15, -0.1) is 10.2 Å². The number of aryl methyl sites for hydroxylation is 1. The quantitative estimate of drug-likeness (QED) is 0.712. The van der Waals surface area contributed by atoms with E-state index in [1.807, 2.05) is 36.1 Å². The molecule has 1 fully saturated rings. The molecule has 0 atom stereocenters. The van der Waals surface area contributed by atoms with Gasteiger partial charge in [-0.25, -0.2) is 13.8 Å². The van der Waals surface area contributed by atoms with Gasteiger partial charge in [-0.3, -0.25) is 4.79 Å². The lowest BCUT2D eigenvalue weighted by molar-refractivity contribution is 0.0736. The van der Waals surface area contributed by atoms with E-state index in [4.69, 9.17) is 0 Å². The summed E-state index contributed by atoms with van der Waals surface area (Å²) in [5.41, 5.74) is 0.387. The third-order valence-corrected chi connectivity index (χ3v) is 4.86. The first-order valence-corrected chi connectivity index (χ1v) is 9.54. The summed E-state index contributed by atoms with van der Waals surface area (Å²) < 4.78 is 27.8. The Morgan fingerprint density at radius 3 is 2.23 bits per heavy atom. The number of amides is 1. The van der Waals surface area contributed by atoms with E-state index in [9.17, 15) is 13.6 Å². The van der Waals surface area contributed by atoms with Crippen molar-refractivity contribution in [2.45, 2.75) is 6.92 Å². The third kappa shape index (κ3) is 4.19. The number of piperazine rings is 1. The molecule has 3 aromatic rings. The Kier molecular flexibility index (Phi) is 5.51. The van der Waals surface area contributed by atoms with Crippen molar-refractivity contribution in [3.8, 4) is 0 Å². The number of carbonyl (C=O) groups excluding carboxylic acids is 1. The molecule has 0 saturated carbocycles. The molecule has 3 heterocycles. The largest absolute Gasteiger partial charge is 0.352 e. The van der Waals surface area contributed by atoms with Crippen molar-refractivity contribution in [2.75, 3.05) is 36.4 Å². The van der Waals surface area contributed by atoms with Gasteiger partial charge in [0.05, 0.1) is 0 Å². The maximum Gasteiger partial charge on any atom is 0.259 e. The first-order valence-electron chi connectivity index (χ1n) is 9.54. The molecular formula is C21H20F2N6O. The minimum absolute atomic E-state index is 0.335. The highest BCUT2D eigenvalue weighted by molar-refractivity contribution is 5.95. The van der Waals surface area contributed by atoms with Crippen LogP contribution in [0.2, 0.25) is 0 Å². The topological polar surface area (TPSA) is 74.2 Å². The van der Waals surface area contributed by atoms with E-state index in [1.165, 1.54) is 11.0 Å². The van der Waals surface area contributed by atoms with E-state index in [1.54, 1.807) is 6.07 Å². The summed E-state index contributed by atoms with van der Waals surface area (Å²) in [4.78, 5) is 20.3. The molecule has 0 aliphatic carbocycles. The van der Waals surface area contributed by atoms with Crippen LogP contribution in [-0.2, 0) is 0 Å². The van der Waals surface area contributed by atoms with Crippen LogP contribution >= 0.6 is 0 Å². The third-order valence-electron chi connectivity index (χ3n) is 4.86. The number of anilines is 3. The Bertz CT molecular complexity index is 1030. The van der Waals surface area contributed by atoms with Gasteiger partial charge in [-0.05, 0) is 43.3 Å². The Balaban J connectivity index is 1.37. The highest BCUT2D eigenvalue weighted by atomic mass is 19.1. The van der Waals surface area contributed by atoms with Crippen molar-refractivity contribution in [3.63, 3.8) is 0 Å². The molecule has 154 valence electrons. The number of aromatic nitrogens is 3. The van der Waals surface area contributed by atoms with E-state index < -0.39 is 23.1 Å². The van der Waals surface area contributed by atoms with Gasteiger partial charge in [0, 0.05) is 31.9 Å². The van der Waals surface area contributed by atoms with Crippen LogP contribution in [0.4, 0.5) is 26.2 Å². The van der Waals surface area contributed by atoms with Crippen LogP contribution in [0.3, 0.4) is 0 Å². The van der Waals surface area contributed by atoms with Crippen molar-refractivity contribution < 1.29 is 13.6 Å². The molecule has 7 nitrogen and oxygen atoms in total. The lowest BCUT2D eigenvalue weighted by Gasteiger charge is -2.35. The van der Waals surface area contributed by atoms with Crippen LogP contribution < -0.4 is 10.2 Å². The molecule has 2 aromatic heterocycles. The average molecular weight is 410 g/mol. The van der Waals surface area contributed by atoms with Gasteiger partial charge in [0.15, 0.2) is 11.6 Å². The average Bonchev–Trinajstić information content (AvgIpc) is 2.74. The van der Waals surface area contributed by atoms with Crippen LogP contribution in [0.1, 0.15) is 16.1 Å². The Morgan fingerprint density at radius 2 is 1.60 bits per heavy atom. The summed E-state index contributed by atoms with van der Waals surface area (Å²) in [7, 11) is 0. The second-order valence-corrected chi connectivity index (χ2v) is 6.94. The molecule has 0 unspecified atom stereocenters. The molecule has 30 heavy (non-hydrogen) atoms. The zero-order valence-corrected chi connectivity index (χ0v) is 16.3. The van der Waals surface area contributed by atoms with Crippen molar-refractivity contribution >= 4 is 23.4 Å². The molecule has 0 radical (unpaired) electrons.